The van der Waals surface area contributed by atoms with Crippen molar-refractivity contribution in [3.8, 4) is 0 Å². The van der Waals surface area contributed by atoms with E-state index in [1.165, 1.54) is 11.8 Å². The number of hydrogen-bond donors (Lipinski definition) is 1. The fourth-order valence-electron chi connectivity index (χ4n) is 0.671. The van der Waals surface area contributed by atoms with Crippen molar-refractivity contribution < 1.29 is 8.42 Å². The molecule has 1 aromatic heterocycles. The van der Waals surface area contributed by atoms with Gasteiger partial charge in [-0.05, 0) is 28.3 Å². The van der Waals surface area contributed by atoms with Crippen molar-refractivity contribution in [2.45, 2.75) is 9.10 Å². The third-order valence-electron chi connectivity index (χ3n) is 1.11. The molecule has 0 aliphatic carbocycles. The van der Waals surface area contributed by atoms with Crippen molar-refractivity contribution in [2.24, 2.45) is 5.14 Å². The number of sulfonamides is 1. The maximum atomic E-state index is 11.0. The summed E-state index contributed by atoms with van der Waals surface area (Å²) in [5.41, 5.74) is 0. The van der Waals surface area contributed by atoms with Crippen LogP contribution in [-0.4, -0.2) is 14.7 Å². The molecule has 68 valence electrons. The first kappa shape index (κ1) is 10.5. The van der Waals surface area contributed by atoms with Gasteiger partial charge in [0.15, 0.2) is 0 Å². The molecule has 0 radical (unpaired) electrons. The van der Waals surface area contributed by atoms with Crippen LogP contribution in [0.15, 0.2) is 19.0 Å². The average Bonchev–Trinajstić information content (AvgIpc) is 2.29. The Kier molecular flexibility index (Phi) is 3.21. The number of thioether (sulfide) groups is 1. The lowest BCUT2D eigenvalue weighted by molar-refractivity contribution is 0.598. The molecule has 0 saturated heterocycles. The molecule has 7 heteroatoms. The van der Waals surface area contributed by atoms with Crippen LogP contribution in [0.1, 0.15) is 0 Å². The fourth-order valence-corrected chi connectivity index (χ4v) is 4.90. The van der Waals surface area contributed by atoms with Crippen LogP contribution in [0.3, 0.4) is 0 Å². The van der Waals surface area contributed by atoms with E-state index < -0.39 is 10.0 Å². The predicted molar refractivity (Wildman–Crippen MR) is 55.2 cm³/mol. The topological polar surface area (TPSA) is 60.2 Å². The van der Waals surface area contributed by atoms with E-state index in [0.717, 1.165) is 15.1 Å². The van der Waals surface area contributed by atoms with Gasteiger partial charge in [0.05, 0.1) is 3.79 Å². The second-order valence-electron chi connectivity index (χ2n) is 1.95. The summed E-state index contributed by atoms with van der Waals surface area (Å²) in [5.74, 6) is 0. The summed E-state index contributed by atoms with van der Waals surface area (Å²) in [6, 6.07) is 1.75. The van der Waals surface area contributed by atoms with Crippen molar-refractivity contribution in [3.05, 3.63) is 9.85 Å². The van der Waals surface area contributed by atoms with E-state index in [2.05, 4.69) is 15.9 Å². The fraction of sp³-hybridized carbons (Fsp3) is 0.200. The molecule has 0 spiro atoms. The summed E-state index contributed by atoms with van der Waals surface area (Å²) < 4.78 is 23.0. The van der Waals surface area contributed by atoms with Gasteiger partial charge >= 0.3 is 0 Å². The van der Waals surface area contributed by atoms with Gasteiger partial charge in [-0.1, -0.05) is 0 Å². The molecule has 0 bridgehead atoms. The van der Waals surface area contributed by atoms with Crippen LogP contribution in [0.25, 0.3) is 0 Å². The Morgan fingerprint density at radius 3 is 2.58 bits per heavy atom. The summed E-state index contributed by atoms with van der Waals surface area (Å²) in [6.07, 6.45) is 1.81. The Balaban J connectivity index is 3.33. The first-order chi connectivity index (χ1) is 5.45. The molecule has 3 nitrogen and oxygen atoms in total. The number of hydrogen-bond acceptors (Lipinski definition) is 4. The summed E-state index contributed by atoms with van der Waals surface area (Å²) in [4.78, 5) is 0.689. The Morgan fingerprint density at radius 1 is 1.67 bits per heavy atom. The lowest BCUT2D eigenvalue weighted by Gasteiger charge is -1.94. The smallest absolute Gasteiger partial charge is 0.224 e. The highest BCUT2D eigenvalue weighted by atomic mass is 79.9. The second-order valence-corrected chi connectivity index (χ2v) is 6.99. The van der Waals surface area contributed by atoms with Crippen LogP contribution in [0.5, 0.6) is 0 Å². The van der Waals surface area contributed by atoms with Crippen LogP contribution in [-0.2, 0) is 10.0 Å². The van der Waals surface area contributed by atoms with E-state index in [9.17, 15) is 8.42 Å². The molecule has 0 saturated carbocycles. The maximum absolute atomic E-state index is 11.0. The molecule has 1 aromatic rings. The Bertz CT molecular complexity index is 383. The first-order valence-electron chi connectivity index (χ1n) is 2.81. The third kappa shape index (κ3) is 2.23. The van der Waals surface area contributed by atoms with Crippen LogP contribution in [0.2, 0.25) is 0 Å². The maximum Gasteiger partial charge on any atom is 0.248 e. The molecule has 0 amide bonds. The Labute approximate surface area is 87.5 Å². The van der Waals surface area contributed by atoms with E-state index in [0.29, 0.717) is 4.90 Å². The minimum absolute atomic E-state index is 0.224. The van der Waals surface area contributed by atoms with Crippen LogP contribution in [0.4, 0.5) is 0 Å². The van der Waals surface area contributed by atoms with E-state index in [1.807, 2.05) is 6.26 Å². The van der Waals surface area contributed by atoms with Gasteiger partial charge in [-0.25, -0.2) is 13.6 Å². The zero-order chi connectivity index (χ0) is 9.35. The Hall–Kier alpha value is 0.440. The highest BCUT2D eigenvalue weighted by Gasteiger charge is 2.16. The molecular weight excluding hydrogens is 282 g/mol. The van der Waals surface area contributed by atoms with E-state index in [4.69, 9.17) is 5.14 Å². The van der Waals surface area contributed by atoms with Crippen molar-refractivity contribution in [2.75, 3.05) is 6.26 Å². The summed E-state index contributed by atoms with van der Waals surface area (Å²) in [5, 5.41) is 4.99. The molecule has 2 N–H and O–H groups in total. The molecule has 0 aliphatic heterocycles. The van der Waals surface area contributed by atoms with E-state index >= 15 is 0 Å². The monoisotopic (exact) mass is 287 g/mol. The molecule has 1 heterocycles. The highest BCUT2D eigenvalue weighted by Crippen LogP contribution is 2.35. The standard InChI is InChI=1S/C5H6BrNO2S3/c1-10-3-2-4(6)11-5(3)12(7,8)9/h2H,1H3,(H2,7,8,9). The molecule has 0 aromatic carbocycles. The number of rotatable bonds is 2. The normalized spacial score (nSPS) is 11.9. The number of nitrogens with two attached hydrogens (primary N) is 1. The van der Waals surface area contributed by atoms with E-state index in [-0.39, 0.29) is 4.21 Å². The van der Waals surface area contributed by atoms with Gasteiger partial charge in [0, 0.05) is 4.90 Å². The second kappa shape index (κ2) is 3.67. The zero-order valence-corrected chi connectivity index (χ0v) is 10.1. The molecule has 0 unspecified atom stereocenters. The predicted octanol–water partition coefficient (Wildman–Crippen LogP) is 1.88. The van der Waals surface area contributed by atoms with Gasteiger partial charge < -0.3 is 0 Å². The largest absolute Gasteiger partial charge is 0.248 e. The molecule has 0 atom stereocenters. The molecule has 1 rings (SSSR count). The third-order valence-corrected chi connectivity index (χ3v) is 5.25. The summed E-state index contributed by atoms with van der Waals surface area (Å²) in [6.45, 7) is 0. The van der Waals surface area contributed by atoms with Gasteiger partial charge in [0.2, 0.25) is 10.0 Å². The van der Waals surface area contributed by atoms with Crippen LogP contribution < -0.4 is 5.14 Å². The van der Waals surface area contributed by atoms with Crippen LogP contribution in [0, 0.1) is 0 Å². The highest BCUT2D eigenvalue weighted by molar-refractivity contribution is 9.11. The van der Waals surface area contributed by atoms with E-state index in [1.54, 1.807) is 6.07 Å². The molecule has 12 heavy (non-hydrogen) atoms. The van der Waals surface area contributed by atoms with Crippen molar-refractivity contribution in [1.82, 2.24) is 0 Å². The van der Waals surface area contributed by atoms with Gasteiger partial charge in [0.1, 0.15) is 4.21 Å². The first-order valence-corrected chi connectivity index (χ1v) is 7.19. The molecule has 0 fully saturated rings. The summed E-state index contributed by atoms with van der Waals surface area (Å²) >= 11 is 5.69. The number of thiophene rings is 1. The number of primary sulfonamides is 1. The quantitative estimate of drug-likeness (QED) is 0.845. The average molecular weight is 288 g/mol. The van der Waals surface area contributed by atoms with Crippen molar-refractivity contribution in [1.29, 1.82) is 0 Å². The lowest BCUT2D eigenvalue weighted by Crippen LogP contribution is -2.10. The Morgan fingerprint density at radius 2 is 2.25 bits per heavy atom. The lowest BCUT2D eigenvalue weighted by atomic mass is 10.7. The van der Waals surface area contributed by atoms with Crippen molar-refractivity contribution >= 4 is 49.1 Å². The van der Waals surface area contributed by atoms with Gasteiger partial charge in [-0.3, -0.25) is 0 Å². The minimum atomic E-state index is -3.56. The van der Waals surface area contributed by atoms with Crippen LogP contribution >= 0.6 is 39.0 Å². The number of halogens is 1. The van der Waals surface area contributed by atoms with Gasteiger partial charge in [-0.2, -0.15) is 0 Å². The minimum Gasteiger partial charge on any atom is -0.224 e. The SMILES string of the molecule is CSc1cc(Br)sc1S(N)(=O)=O. The van der Waals surface area contributed by atoms with Crippen molar-refractivity contribution in [3.63, 3.8) is 0 Å². The van der Waals surface area contributed by atoms with Gasteiger partial charge in [-0.15, -0.1) is 23.1 Å². The molecular formula is C5H6BrNO2S3. The van der Waals surface area contributed by atoms with Gasteiger partial charge in [0.25, 0.3) is 0 Å². The summed E-state index contributed by atoms with van der Waals surface area (Å²) in [7, 11) is -3.56. The zero-order valence-electron chi connectivity index (χ0n) is 6.07. The molecule has 0 aliphatic rings.